The second-order valence-electron chi connectivity index (χ2n) is 3.44. The summed E-state index contributed by atoms with van der Waals surface area (Å²) in [6, 6.07) is 5.94. The lowest BCUT2D eigenvalue weighted by molar-refractivity contribution is -0.386. The molecule has 1 aromatic rings. The van der Waals surface area contributed by atoms with Crippen LogP contribution in [-0.2, 0) is 0 Å². The van der Waals surface area contributed by atoms with Crippen molar-refractivity contribution in [2.75, 3.05) is 11.9 Å². The van der Waals surface area contributed by atoms with Crippen molar-refractivity contribution in [1.29, 1.82) is 5.26 Å². The van der Waals surface area contributed by atoms with Crippen LogP contribution in [0, 0.1) is 27.3 Å². The molecule has 5 nitrogen and oxygen atoms in total. The van der Waals surface area contributed by atoms with Crippen molar-refractivity contribution in [2.45, 2.75) is 19.3 Å². The van der Waals surface area contributed by atoms with Crippen molar-refractivity contribution < 1.29 is 9.31 Å². The van der Waals surface area contributed by atoms with Gasteiger partial charge < -0.3 is 5.32 Å². The summed E-state index contributed by atoms with van der Waals surface area (Å²) < 4.78 is 13.2. The van der Waals surface area contributed by atoms with E-state index in [1.165, 1.54) is 12.1 Å². The number of unbranched alkanes of at least 4 members (excludes halogenated alkanes) is 2. The summed E-state index contributed by atoms with van der Waals surface area (Å²) in [5, 5.41) is 21.8. The van der Waals surface area contributed by atoms with Gasteiger partial charge in [-0.2, -0.15) is 9.65 Å². The van der Waals surface area contributed by atoms with Crippen molar-refractivity contribution in [3.8, 4) is 6.07 Å². The molecule has 0 fully saturated rings. The fourth-order valence-corrected chi connectivity index (χ4v) is 1.40. The Labute approximate surface area is 98.0 Å². The first-order valence-corrected chi connectivity index (χ1v) is 5.20. The largest absolute Gasteiger partial charge is 0.379 e. The van der Waals surface area contributed by atoms with E-state index in [0.717, 1.165) is 6.07 Å². The maximum absolute atomic E-state index is 13.2. The number of nitro benzene ring substituents is 1. The first-order valence-electron chi connectivity index (χ1n) is 5.20. The Bertz CT molecular complexity index is 443. The SMILES string of the molecule is N#CCCCCNc1cccc(F)c1[N+](=O)[O-]. The van der Waals surface area contributed by atoms with Crippen LogP contribution in [0.25, 0.3) is 0 Å². The highest BCUT2D eigenvalue weighted by molar-refractivity contribution is 5.61. The van der Waals surface area contributed by atoms with Crippen LogP contribution >= 0.6 is 0 Å². The molecule has 90 valence electrons. The number of nitrogens with one attached hydrogen (secondary N) is 1. The molecule has 0 heterocycles. The highest BCUT2D eigenvalue weighted by Crippen LogP contribution is 2.26. The van der Waals surface area contributed by atoms with Crippen LogP contribution in [0.15, 0.2) is 18.2 Å². The lowest BCUT2D eigenvalue weighted by Crippen LogP contribution is -2.05. The Kier molecular flexibility index (Phi) is 4.88. The molecule has 0 atom stereocenters. The topological polar surface area (TPSA) is 79.0 Å². The highest BCUT2D eigenvalue weighted by Gasteiger charge is 2.18. The predicted octanol–water partition coefficient (Wildman–Crippen LogP) is 2.84. The molecule has 0 unspecified atom stereocenters. The van der Waals surface area contributed by atoms with Crippen LogP contribution in [0.2, 0.25) is 0 Å². The van der Waals surface area contributed by atoms with Crippen molar-refractivity contribution in [3.63, 3.8) is 0 Å². The summed E-state index contributed by atoms with van der Waals surface area (Å²) in [5.41, 5.74) is -0.361. The number of benzene rings is 1. The number of hydrogen-bond donors (Lipinski definition) is 1. The number of nitro groups is 1. The van der Waals surface area contributed by atoms with E-state index >= 15 is 0 Å². The quantitative estimate of drug-likeness (QED) is 0.468. The van der Waals surface area contributed by atoms with Crippen LogP contribution in [0.3, 0.4) is 0 Å². The van der Waals surface area contributed by atoms with Gasteiger partial charge >= 0.3 is 5.69 Å². The van der Waals surface area contributed by atoms with Crippen LogP contribution in [0.5, 0.6) is 0 Å². The minimum Gasteiger partial charge on any atom is -0.379 e. The van der Waals surface area contributed by atoms with Crippen LogP contribution in [0.4, 0.5) is 15.8 Å². The number of para-hydroxylation sites is 1. The van der Waals surface area contributed by atoms with Crippen molar-refractivity contribution in [1.82, 2.24) is 0 Å². The molecule has 0 bridgehead atoms. The van der Waals surface area contributed by atoms with Gasteiger partial charge in [0, 0.05) is 13.0 Å². The average molecular weight is 237 g/mol. The van der Waals surface area contributed by atoms with Crippen molar-refractivity contribution in [2.24, 2.45) is 0 Å². The standard InChI is InChI=1S/C11H12FN3O2/c12-9-5-4-6-10(11(9)15(16)17)14-8-3-1-2-7-13/h4-6,14H,1-3,8H2. The zero-order valence-corrected chi connectivity index (χ0v) is 9.15. The molecular formula is C11H12FN3O2. The molecule has 0 aromatic heterocycles. The number of halogens is 1. The van der Waals surface area contributed by atoms with Crippen LogP contribution < -0.4 is 5.32 Å². The minimum atomic E-state index is -0.850. The highest BCUT2D eigenvalue weighted by atomic mass is 19.1. The van der Waals surface area contributed by atoms with Gasteiger partial charge in [0.1, 0.15) is 5.69 Å². The van der Waals surface area contributed by atoms with Gasteiger partial charge in [-0.1, -0.05) is 6.07 Å². The van der Waals surface area contributed by atoms with Gasteiger partial charge in [0.25, 0.3) is 0 Å². The minimum absolute atomic E-state index is 0.173. The van der Waals surface area contributed by atoms with Gasteiger partial charge in [0.2, 0.25) is 5.82 Å². The first-order chi connectivity index (χ1) is 8.16. The Morgan fingerprint density at radius 1 is 1.47 bits per heavy atom. The first kappa shape index (κ1) is 12.9. The van der Waals surface area contributed by atoms with Crippen molar-refractivity contribution in [3.05, 3.63) is 34.1 Å². The molecule has 0 aliphatic carbocycles. The van der Waals surface area contributed by atoms with Gasteiger partial charge in [0.15, 0.2) is 0 Å². The normalized spacial score (nSPS) is 9.65. The number of rotatable bonds is 6. The number of hydrogen-bond acceptors (Lipinski definition) is 4. The summed E-state index contributed by atoms with van der Waals surface area (Å²) in [7, 11) is 0. The van der Waals surface area contributed by atoms with E-state index in [-0.39, 0.29) is 5.69 Å². The summed E-state index contributed by atoms with van der Waals surface area (Å²) in [4.78, 5) is 9.92. The van der Waals surface area contributed by atoms with E-state index in [1.54, 1.807) is 0 Å². The van der Waals surface area contributed by atoms with Gasteiger partial charge in [0.05, 0.1) is 11.0 Å². The van der Waals surface area contributed by atoms with E-state index in [0.29, 0.717) is 25.8 Å². The molecule has 0 spiro atoms. The molecule has 1 N–H and O–H groups in total. The summed E-state index contributed by atoms with van der Waals surface area (Å²) in [5.74, 6) is -0.850. The Morgan fingerprint density at radius 3 is 2.88 bits per heavy atom. The molecule has 0 amide bonds. The van der Waals surface area contributed by atoms with E-state index in [9.17, 15) is 14.5 Å². The van der Waals surface area contributed by atoms with Crippen molar-refractivity contribution >= 4 is 11.4 Å². The third kappa shape index (κ3) is 3.72. The summed E-state index contributed by atoms with van der Waals surface area (Å²) >= 11 is 0. The second kappa shape index (κ2) is 6.43. The Balaban J connectivity index is 2.62. The van der Waals surface area contributed by atoms with Gasteiger partial charge in [-0.25, -0.2) is 0 Å². The molecule has 1 rings (SSSR count). The molecule has 0 saturated heterocycles. The molecule has 0 aliphatic rings. The van der Waals surface area contributed by atoms with Crippen LogP contribution in [0.1, 0.15) is 19.3 Å². The zero-order chi connectivity index (χ0) is 12.7. The molecular weight excluding hydrogens is 225 g/mol. The third-order valence-electron chi connectivity index (χ3n) is 2.20. The molecule has 17 heavy (non-hydrogen) atoms. The molecule has 0 aliphatic heterocycles. The Morgan fingerprint density at radius 2 is 2.24 bits per heavy atom. The second-order valence-corrected chi connectivity index (χ2v) is 3.44. The predicted molar refractivity (Wildman–Crippen MR) is 61.0 cm³/mol. The van der Waals surface area contributed by atoms with Gasteiger partial charge in [-0.15, -0.1) is 0 Å². The average Bonchev–Trinajstić information content (AvgIpc) is 2.28. The van der Waals surface area contributed by atoms with E-state index in [4.69, 9.17) is 5.26 Å². The lowest BCUT2D eigenvalue weighted by Gasteiger charge is -2.06. The van der Waals surface area contributed by atoms with Gasteiger partial charge in [-0.05, 0) is 25.0 Å². The number of nitriles is 1. The Hall–Kier alpha value is -2.16. The maximum atomic E-state index is 13.2. The lowest BCUT2D eigenvalue weighted by atomic mass is 10.2. The fraction of sp³-hybridized carbons (Fsp3) is 0.364. The summed E-state index contributed by atoms with van der Waals surface area (Å²) in [6.07, 6.45) is 1.88. The van der Waals surface area contributed by atoms with Gasteiger partial charge in [-0.3, -0.25) is 10.1 Å². The summed E-state index contributed by atoms with van der Waals surface area (Å²) in [6.45, 7) is 0.478. The van der Waals surface area contributed by atoms with E-state index < -0.39 is 16.4 Å². The number of nitrogens with zero attached hydrogens (tertiary/aromatic N) is 2. The molecule has 1 aromatic carbocycles. The monoisotopic (exact) mass is 237 g/mol. The smallest absolute Gasteiger partial charge is 0.327 e. The zero-order valence-electron chi connectivity index (χ0n) is 9.15. The molecule has 0 saturated carbocycles. The maximum Gasteiger partial charge on any atom is 0.327 e. The van der Waals surface area contributed by atoms with E-state index in [1.807, 2.05) is 6.07 Å². The molecule has 6 heteroatoms. The van der Waals surface area contributed by atoms with Crippen LogP contribution in [-0.4, -0.2) is 11.5 Å². The third-order valence-corrected chi connectivity index (χ3v) is 2.20. The fourth-order valence-electron chi connectivity index (χ4n) is 1.40. The van der Waals surface area contributed by atoms with E-state index in [2.05, 4.69) is 5.32 Å². The molecule has 0 radical (unpaired) electrons. The number of anilines is 1.